The van der Waals surface area contributed by atoms with Gasteiger partial charge in [-0.25, -0.2) is 9.07 Å². The molecule has 0 unspecified atom stereocenters. The van der Waals surface area contributed by atoms with Crippen molar-refractivity contribution >= 4 is 28.5 Å². The molecule has 0 fully saturated rings. The summed E-state index contributed by atoms with van der Waals surface area (Å²) < 4.78 is 16.2. The number of nitrogens with zero attached hydrogens (tertiary/aromatic N) is 4. The van der Waals surface area contributed by atoms with Crippen molar-refractivity contribution in [3.05, 3.63) is 89.2 Å². The van der Waals surface area contributed by atoms with Crippen LogP contribution < -0.4 is 10.2 Å². The van der Waals surface area contributed by atoms with E-state index in [4.69, 9.17) is 0 Å². The van der Waals surface area contributed by atoms with Gasteiger partial charge >= 0.3 is 0 Å². The number of aromatic nitrogens is 3. The third-order valence-electron chi connectivity index (χ3n) is 6.33. The molecular formula is C29H32FN5O2. The largest absolute Gasteiger partial charge is 0.354 e. The monoisotopic (exact) mass is 501 g/mol. The van der Waals surface area contributed by atoms with Crippen molar-refractivity contribution in [3.8, 4) is 0 Å². The van der Waals surface area contributed by atoms with Gasteiger partial charge in [0.05, 0.1) is 5.52 Å². The first-order chi connectivity index (χ1) is 17.7. The predicted molar refractivity (Wildman–Crippen MR) is 143 cm³/mol. The fourth-order valence-corrected chi connectivity index (χ4v) is 4.15. The number of carbonyl (C=O) groups is 2. The standard InChI is InChI=1S/C29H32FN5O2/c1-19(2)15-16-31-29(37)28(22-12-9-20(3)10-13-22)35(23-14-11-21(4)24(30)17-23)27(36)18-34-26-8-6-5-7-25(26)32-33-34/h5-14,17,19,28H,15-16,18H2,1-4H3,(H,31,37)/t28-/m1/s1. The zero-order valence-corrected chi connectivity index (χ0v) is 21.6. The molecule has 4 rings (SSSR count). The molecule has 1 heterocycles. The maximum atomic E-state index is 14.7. The number of benzene rings is 3. The van der Waals surface area contributed by atoms with Crippen LogP contribution in [0.15, 0.2) is 66.7 Å². The van der Waals surface area contributed by atoms with Gasteiger partial charge in [-0.05, 0) is 61.6 Å². The lowest BCUT2D eigenvalue weighted by Gasteiger charge is -2.32. The SMILES string of the molecule is Cc1ccc([C@H](C(=O)NCCC(C)C)N(C(=O)Cn2nnc3ccccc32)c2ccc(C)c(F)c2)cc1. The molecule has 0 spiro atoms. The molecule has 1 N–H and O–H groups in total. The summed E-state index contributed by atoms with van der Waals surface area (Å²) in [4.78, 5) is 29.0. The molecule has 1 atom stereocenters. The summed E-state index contributed by atoms with van der Waals surface area (Å²) in [5.41, 5.74) is 3.75. The van der Waals surface area contributed by atoms with Crippen LogP contribution in [0.2, 0.25) is 0 Å². The van der Waals surface area contributed by atoms with E-state index in [2.05, 4.69) is 29.5 Å². The number of fused-ring (bicyclic) bond motifs is 1. The predicted octanol–water partition coefficient (Wildman–Crippen LogP) is 5.12. The number of amides is 2. The third-order valence-corrected chi connectivity index (χ3v) is 6.33. The summed E-state index contributed by atoms with van der Waals surface area (Å²) in [6, 6.07) is 18.4. The molecule has 0 aliphatic rings. The van der Waals surface area contributed by atoms with E-state index in [1.54, 1.807) is 19.1 Å². The Hall–Kier alpha value is -4.07. The van der Waals surface area contributed by atoms with Gasteiger partial charge in [0.1, 0.15) is 23.9 Å². The van der Waals surface area contributed by atoms with E-state index in [1.807, 2.05) is 55.5 Å². The Morgan fingerprint density at radius 2 is 1.76 bits per heavy atom. The molecule has 0 saturated heterocycles. The highest BCUT2D eigenvalue weighted by Gasteiger charge is 2.33. The molecule has 0 aliphatic heterocycles. The lowest BCUT2D eigenvalue weighted by atomic mass is 10.0. The number of carbonyl (C=O) groups excluding carboxylic acids is 2. The number of anilines is 1. The minimum atomic E-state index is -1.00. The molecule has 4 aromatic rings. The minimum Gasteiger partial charge on any atom is -0.354 e. The molecule has 192 valence electrons. The number of nitrogens with one attached hydrogen (secondary N) is 1. The third kappa shape index (κ3) is 6.02. The van der Waals surface area contributed by atoms with Crippen molar-refractivity contribution in [2.45, 2.75) is 46.7 Å². The Kier molecular flexibility index (Phi) is 7.96. The molecule has 37 heavy (non-hydrogen) atoms. The van der Waals surface area contributed by atoms with Crippen molar-refractivity contribution in [1.29, 1.82) is 0 Å². The van der Waals surface area contributed by atoms with Crippen LogP contribution in [-0.2, 0) is 16.1 Å². The number of para-hydroxylation sites is 1. The molecular weight excluding hydrogens is 469 g/mol. The Balaban J connectivity index is 1.78. The van der Waals surface area contributed by atoms with E-state index in [9.17, 15) is 14.0 Å². The fourth-order valence-electron chi connectivity index (χ4n) is 4.15. The average Bonchev–Trinajstić information content (AvgIpc) is 3.27. The van der Waals surface area contributed by atoms with Gasteiger partial charge in [0.15, 0.2) is 0 Å². The topological polar surface area (TPSA) is 80.1 Å². The number of hydrogen-bond donors (Lipinski definition) is 1. The van der Waals surface area contributed by atoms with Gasteiger partial charge in [0.25, 0.3) is 0 Å². The van der Waals surface area contributed by atoms with Crippen LogP contribution in [-0.4, -0.2) is 33.4 Å². The van der Waals surface area contributed by atoms with Crippen molar-refractivity contribution in [2.24, 2.45) is 5.92 Å². The van der Waals surface area contributed by atoms with E-state index in [0.29, 0.717) is 40.3 Å². The number of hydrogen-bond acceptors (Lipinski definition) is 4. The Bertz CT molecular complexity index is 1400. The lowest BCUT2D eigenvalue weighted by molar-refractivity contribution is -0.127. The maximum absolute atomic E-state index is 14.7. The second-order valence-electron chi connectivity index (χ2n) is 9.72. The van der Waals surface area contributed by atoms with Crippen LogP contribution in [0.1, 0.15) is 43.0 Å². The van der Waals surface area contributed by atoms with Crippen LogP contribution in [0.25, 0.3) is 11.0 Å². The first kappa shape index (κ1) is 26.0. The zero-order valence-electron chi connectivity index (χ0n) is 21.6. The van der Waals surface area contributed by atoms with E-state index in [0.717, 1.165) is 12.0 Å². The second kappa shape index (κ2) is 11.3. The van der Waals surface area contributed by atoms with Gasteiger partial charge in [0, 0.05) is 12.2 Å². The highest BCUT2D eigenvalue weighted by atomic mass is 19.1. The van der Waals surface area contributed by atoms with Crippen LogP contribution in [0, 0.1) is 25.6 Å². The van der Waals surface area contributed by atoms with Crippen molar-refractivity contribution in [3.63, 3.8) is 0 Å². The highest BCUT2D eigenvalue weighted by molar-refractivity contribution is 6.01. The maximum Gasteiger partial charge on any atom is 0.249 e. The van der Waals surface area contributed by atoms with Crippen LogP contribution in [0.5, 0.6) is 0 Å². The van der Waals surface area contributed by atoms with Crippen molar-refractivity contribution < 1.29 is 14.0 Å². The second-order valence-corrected chi connectivity index (χ2v) is 9.72. The molecule has 0 radical (unpaired) electrons. The van der Waals surface area contributed by atoms with Gasteiger partial charge in [-0.1, -0.05) is 67.1 Å². The Labute approximate surface area is 216 Å². The number of halogens is 1. The lowest BCUT2D eigenvalue weighted by Crippen LogP contribution is -2.45. The van der Waals surface area contributed by atoms with Crippen molar-refractivity contribution in [2.75, 3.05) is 11.4 Å². The summed E-state index contributed by atoms with van der Waals surface area (Å²) in [5.74, 6) is -0.794. The van der Waals surface area contributed by atoms with Crippen LogP contribution in [0.4, 0.5) is 10.1 Å². The Morgan fingerprint density at radius 3 is 2.46 bits per heavy atom. The minimum absolute atomic E-state index is 0.169. The van der Waals surface area contributed by atoms with Crippen LogP contribution in [0.3, 0.4) is 0 Å². The van der Waals surface area contributed by atoms with E-state index < -0.39 is 17.8 Å². The first-order valence-corrected chi connectivity index (χ1v) is 12.5. The van der Waals surface area contributed by atoms with Gasteiger partial charge in [-0.3, -0.25) is 14.5 Å². The molecule has 0 bridgehead atoms. The molecule has 7 nitrogen and oxygen atoms in total. The fraction of sp³-hybridized carbons (Fsp3) is 0.310. The molecule has 2 amide bonds. The van der Waals surface area contributed by atoms with Gasteiger partial charge in [0.2, 0.25) is 11.8 Å². The average molecular weight is 502 g/mol. The van der Waals surface area contributed by atoms with E-state index in [-0.39, 0.29) is 12.5 Å². The molecule has 8 heteroatoms. The van der Waals surface area contributed by atoms with Gasteiger partial charge in [-0.2, -0.15) is 0 Å². The van der Waals surface area contributed by atoms with E-state index >= 15 is 0 Å². The summed E-state index contributed by atoms with van der Waals surface area (Å²) in [6.07, 6.45) is 0.796. The Morgan fingerprint density at radius 1 is 1.03 bits per heavy atom. The van der Waals surface area contributed by atoms with Gasteiger partial charge < -0.3 is 5.32 Å². The van der Waals surface area contributed by atoms with E-state index in [1.165, 1.54) is 15.6 Å². The van der Waals surface area contributed by atoms with Crippen molar-refractivity contribution in [1.82, 2.24) is 20.3 Å². The summed E-state index contributed by atoms with van der Waals surface area (Å²) in [6.45, 7) is 8.07. The normalized spacial score (nSPS) is 12.1. The smallest absolute Gasteiger partial charge is 0.249 e. The summed E-state index contributed by atoms with van der Waals surface area (Å²) in [7, 11) is 0. The van der Waals surface area contributed by atoms with Crippen LogP contribution >= 0.6 is 0 Å². The molecule has 0 saturated carbocycles. The highest BCUT2D eigenvalue weighted by Crippen LogP contribution is 2.30. The number of aryl methyl sites for hydroxylation is 2. The van der Waals surface area contributed by atoms with Gasteiger partial charge in [-0.15, -0.1) is 5.10 Å². The molecule has 0 aliphatic carbocycles. The molecule has 3 aromatic carbocycles. The number of rotatable bonds is 9. The summed E-state index contributed by atoms with van der Waals surface area (Å²) >= 11 is 0. The molecule has 1 aromatic heterocycles. The zero-order chi connectivity index (χ0) is 26.5. The first-order valence-electron chi connectivity index (χ1n) is 12.5. The summed E-state index contributed by atoms with van der Waals surface area (Å²) in [5, 5.41) is 11.3. The quantitative estimate of drug-likeness (QED) is 0.345.